The first kappa shape index (κ1) is 15.8. The number of rotatable bonds is 6. The molecule has 4 nitrogen and oxygen atoms in total. The highest BCUT2D eigenvalue weighted by atomic mass is 16.5. The van der Waals surface area contributed by atoms with Crippen molar-refractivity contribution in [1.82, 2.24) is 4.90 Å². The van der Waals surface area contributed by atoms with Gasteiger partial charge in [-0.1, -0.05) is 12.1 Å². The van der Waals surface area contributed by atoms with Gasteiger partial charge in [-0.15, -0.1) is 0 Å². The summed E-state index contributed by atoms with van der Waals surface area (Å²) in [5.74, 6) is 0.588. The smallest absolute Gasteiger partial charge is 0.303 e. The number of aliphatic carboxylic acids is 1. The zero-order chi connectivity index (χ0) is 15.1. The molecule has 1 aromatic rings. The molecule has 0 saturated carbocycles. The quantitative estimate of drug-likeness (QED) is 0.875. The van der Waals surface area contributed by atoms with Crippen LogP contribution in [0.15, 0.2) is 24.3 Å². The molecule has 1 aliphatic rings. The van der Waals surface area contributed by atoms with Crippen LogP contribution in [-0.4, -0.2) is 42.7 Å². The lowest BCUT2D eigenvalue weighted by molar-refractivity contribution is -0.138. The van der Waals surface area contributed by atoms with Crippen molar-refractivity contribution in [2.24, 2.45) is 5.92 Å². The summed E-state index contributed by atoms with van der Waals surface area (Å²) in [5, 5.41) is 8.89. The van der Waals surface area contributed by atoms with Crippen LogP contribution in [0, 0.1) is 5.92 Å². The van der Waals surface area contributed by atoms with Crippen molar-refractivity contribution >= 4 is 5.97 Å². The van der Waals surface area contributed by atoms with Crippen molar-refractivity contribution in [3.8, 4) is 5.75 Å². The van der Waals surface area contributed by atoms with Crippen molar-refractivity contribution in [3.05, 3.63) is 29.8 Å². The number of likely N-dealkylation sites (tertiary alicyclic amines) is 1. The molecule has 0 unspecified atom stereocenters. The van der Waals surface area contributed by atoms with Crippen LogP contribution in [0.3, 0.4) is 0 Å². The number of carboxylic acids is 1. The first-order valence-electron chi connectivity index (χ1n) is 7.74. The second-order valence-corrected chi connectivity index (χ2v) is 5.83. The average molecular weight is 291 g/mol. The van der Waals surface area contributed by atoms with Gasteiger partial charge in [0.05, 0.1) is 7.11 Å². The van der Waals surface area contributed by atoms with Crippen LogP contribution >= 0.6 is 0 Å². The lowest BCUT2D eigenvalue weighted by Gasteiger charge is -2.20. The van der Waals surface area contributed by atoms with E-state index in [0.717, 1.165) is 51.1 Å². The van der Waals surface area contributed by atoms with Gasteiger partial charge in [-0.2, -0.15) is 0 Å². The summed E-state index contributed by atoms with van der Waals surface area (Å²) in [6.07, 6.45) is 4.53. The van der Waals surface area contributed by atoms with Gasteiger partial charge < -0.3 is 14.7 Å². The third-order valence-electron chi connectivity index (χ3n) is 4.28. The average Bonchev–Trinajstić information content (AvgIpc) is 2.70. The van der Waals surface area contributed by atoms with Crippen molar-refractivity contribution in [1.29, 1.82) is 0 Å². The maximum Gasteiger partial charge on any atom is 0.303 e. The standard InChI is InChI=1S/C17H25NO3/c1-21-16-6-4-14(5-7-16)8-11-18-10-2-3-15(9-12-18)13-17(19)20/h4-7,15H,2-3,8-13H2,1H3,(H,19,20)/t15-/m0/s1. The zero-order valence-electron chi connectivity index (χ0n) is 12.8. The van der Waals surface area contributed by atoms with E-state index in [1.165, 1.54) is 5.56 Å². The molecular weight excluding hydrogens is 266 g/mol. The summed E-state index contributed by atoms with van der Waals surface area (Å²) in [6.45, 7) is 3.16. The lowest BCUT2D eigenvalue weighted by atomic mass is 9.97. The maximum absolute atomic E-state index is 10.8. The van der Waals surface area contributed by atoms with Crippen LogP contribution in [0.5, 0.6) is 5.75 Å². The molecule has 1 aromatic carbocycles. The second-order valence-electron chi connectivity index (χ2n) is 5.83. The molecule has 0 radical (unpaired) electrons. The van der Waals surface area contributed by atoms with Gasteiger partial charge >= 0.3 is 5.97 Å². The third-order valence-corrected chi connectivity index (χ3v) is 4.28. The molecular formula is C17H25NO3. The molecule has 1 saturated heterocycles. The summed E-state index contributed by atoms with van der Waals surface area (Å²) in [4.78, 5) is 13.3. The van der Waals surface area contributed by atoms with Gasteiger partial charge in [-0.05, 0) is 62.4 Å². The highest BCUT2D eigenvalue weighted by molar-refractivity contribution is 5.67. The van der Waals surface area contributed by atoms with E-state index < -0.39 is 5.97 Å². The first-order valence-corrected chi connectivity index (χ1v) is 7.74. The van der Waals surface area contributed by atoms with E-state index in [1.807, 2.05) is 12.1 Å². The van der Waals surface area contributed by atoms with E-state index in [4.69, 9.17) is 9.84 Å². The molecule has 2 rings (SSSR count). The largest absolute Gasteiger partial charge is 0.497 e. The SMILES string of the molecule is COc1ccc(CCN2CCC[C@H](CC(=O)O)CC2)cc1. The topological polar surface area (TPSA) is 49.8 Å². The van der Waals surface area contributed by atoms with Gasteiger partial charge in [-0.3, -0.25) is 4.79 Å². The summed E-state index contributed by atoms with van der Waals surface area (Å²) >= 11 is 0. The van der Waals surface area contributed by atoms with E-state index >= 15 is 0 Å². The number of ether oxygens (including phenoxy) is 1. The Labute approximate surface area is 126 Å². The Bertz CT molecular complexity index is 444. The Hall–Kier alpha value is -1.55. The highest BCUT2D eigenvalue weighted by Gasteiger charge is 2.18. The normalized spacial score (nSPS) is 20.0. The monoisotopic (exact) mass is 291 g/mol. The molecule has 0 aliphatic carbocycles. The predicted octanol–water partition coefficient (Wildman–Crippen LogP) is 2.81. The van der Waals surface area contributed by atoms with Crippen molar-refractivity contribution < 1.29 is 14.6 Å². The summed E-state index contributed by atoms with van der Waals surface area (Å²) < 4.78 is 5.17. The van der Waals surface area contributed by atoms with Crippen LogP contribution in [0.4, 0.5) is 0 Å². The van der Waals surface area contributed by atoms with Crippen LogP contribution in [-0.2, 0) is 11.2 Å². The molecule has 4 heteroatoms. The Balaban J connectivity index is 1.76. The number of carboxylic acid groups (broad SMARTS) is 1. The molecule has 1 N–H and O–H groups in total. The Morgan fingerprint density at radius 1 is 1.29 bits per heavy atom. The van der Waals surface area contributed by atoms with Gasteiger partial charge in [0.2, 0.25) is 0 Å². The fraction of sp³-hybridized carbons (Fsp3) is 0.588. The maximum atomic E-state index is 10.8. The van der Waals surface area contributed by atoms with Crippen molar-refractivity contribution in [2.75, 3.05) is 26.7 Å². The molecule has 0 spiro atoms. The number of nitrogens with zero attached hydrogens (tertiary/aromatic N) is 1. The lowest BCUT2D eigenvalue weighted by Crippen LogP contribution is -2.27. The van der Waals surface area contributed by atoms with Crippen molar-refractivity contribution in [2.45, 2.75) is 32.1 Å². The number of methoxy groups -OCH3 is 1. The molecule has 21 heavy (non-hydrogen) atoms. The minimum atomic E-state index is -0.660. The minimum absolute atomic E-state index is 0.326. The van der Waals surface area contributed by atoms with E-state index in [1.54, 1.807) is 7.11 Å². The fourth-order valence-corrected chi connectivity index (χ4v) is 2.98. The molecule has 1 atom stereocenters. The Kier molecular flexibility index (Phi) is 6.05. The van der Waals surface area contributed by atoms with Gasteiger partial charge in [0.15, 0.2) is 0 Å². The van der Waals surface area contributed by atoms with Crippen LogP contribution in [0.1, 0.15) is 31.2 Å². The molecule has 0 aromatic heterocycles. The van der Waals surface area contributed by atoms with Crippen LogP contribution in [0.2, 0.25) is 0 Å². The highest BCUT2D eigenvalue weighted by Crippen LogP contribution is 2.21. The number of carbonyl (C=O) groups is 1. The van der Waals surface area contributed by atoms with E-state index in [2.05, 4.69) is 17.0 Å². The van der Waals surface area contributed by atoms with Gasteiger partial charge in [0, 0.05) is 13.0 Å². The van der Waals surface area contributed by atoms with E-state index in [-0.39, 0.29) is 0 Å². The zero-order valence-corrected chi connectivity index (χ0v) is 12.8. The molecule has 1 aliphatic heterocycles. The van der Waals surface area contributed by atoms with E-state index in [0.29, 0.717) is 12.3 Å². The van der Waals surface area contributed by atoms with Gasteiger partial charge in [0.25, 0.3) is 0 Å². The number of hydrogen-bond donors (Lipinski definition) is 1. The van der Waals surface area contributed by atoms with Crippen LogP contribution < -0.4 is 4.74 Å². The first-order chi connectivity index (χ1) is 10.2. The summed E-state index contributed by atoms with van der Waals surface area (Å²) in [5.41, 5.74) is 1.32. The Morgan fingerprint density at radius 3 is 2.71 bits per heavy atom. The van der Waals surface area contributed by atoms with Gasteiger partial charge in [0.1, 0.15) is 5.75 Å². The van der Waals surface area contributed by atoms with Crippen molar-refractivity contribution in [3.63, 3.8) is 0 Å². The third kappa shape index (κ3) is 5.38. The molecule has 1 fully saturated rings. The van der Waals surface area contributed by atoms with E-state index in [9.17, 15) is 4.79 Å². The summed E-state index contributed by atoms with van der Waals surface area (Å²) in [7, 11) is 1.68. The molecule has 116 valence electrons. The fourth-order valence-electron chi connectivity index (χ4n) is 2.98. The van der Waals surface area contributed by atoms with Crippen LogP contribution in [0.25, 0.3) is 0 Å². The number of benzene rings is 1. The molecule has 1 heterocycles. The van der Waals surface area contributed by atoms with Gasteiger partial charge in [-0.25, -0.2) is 0 Å². The number of hydrogen-bond acceptors (Lipinski definition) is 3. The second kappa shape index (κ2) is 8.03. The molecule has 0 bridgehead atoms. The molecule has 0 amide bonds. The minimum Gasteiger partial charge on any atom is -0.497 e. The summed E-state index contributed by atoms with van der Waals surface area (Å²) in [6, 6.07) is 8.23. The Morgan fingerprint density at radius 2 is 2.05 bits per heavy atom. The predicted molar refractivity (Wildman–Crippen MR) is 82.7 cm³/mol.